The lowest BCUT2D eigenvalue weighted by Crippen LogP contribution is -2.52. The van der Waals surface area contributed by atoms with Crippen LogP contribution in [0.5, 0.6) is 0 Å². The maximum Gasteiger partial charge on any atom is 0.252 e. The van der Waals surface area contributed by atoms with E-state index in [9.17, 15) is 19.8 Å². The summed E-state index contributed by atoms with van der Waals surface area (Å²) in [7, 11) is 0. The van der Waals surface area contributed by atoms with E-state index < -0.39 is 34.1 Å². The molecule has 10 heteroatoms. The number of aliphatic hydroxyl groups is 2. The Bertz CT molecular complexity index is 1790. The molecule has 6 N–H and O–H groups in total. The van der Waals surface area contributed by atoms with Gasteiger partial charge in [-0.15, -0.1) is 0 Å². The van der Waals surface area contributed by atoms with Crippen LogP contribution < -0.4 is 10.6 Å². The first kappa shape index (κ1) is 37.5. The molecule has 0 aliphatic heterocycles. The lowest BCUT2D eigenvalue weighted by Gasteiger charge is -2.35. The lowest BCUT2D eigenvalue weighted by atomic mass is 9.83. The van der Waals surface area contributed by atoms with E-state index in [4.69, 9.17) is 0 Å². The van der Waals surface area contributed by atoms with Crippen LogP contribution in [-0.4, -0.2) is 53.2 Å². The first-order chi connectivity index (χ1) is 24.1. The van der Waals surface area contributed by atoms with Gasteiger partial charge in [-0.1, -0.05) is 104 Å². The van der Waals surface area contributed by atoms with Gasteiger partial charge in [-0.05, 0) is 72.6 Å². The smallest absolute Gasteiger partial charge is 0.252 e. The molecule has 0 spiro atoms. The Labute approximate surface area is 307 Å². The van der Waals surface area contributed by atoms with Gasteiger partial charge in [0, 0.05) is 10.8 Å². The second-order valence-corrected chi connectivity index (χ2v) is 18.3. The second-order valence-electron chi connectivity index (χ2n) is 18.3. The van der Waals surface area contributed by atoms with Crippen LogP contribution in [-0.2, 0) is 9.59 Å². The summed E-state index contributed by atoms with van der Waals surface area (Å²) in [6, 6.07) is 15.6. The maximum absolute atomic E-state index is 13.3. The molecule has 2 unspecified atom stereocenters. The van der Waals surface area contributed by atoms with Crippen LogP contribution in [0.15, 0.2) is 60.9 Å². The van der Waals surface area contributed by atoms with Gasteiger partial charge >= 0.3 is 0 Å². The Kier molecular flexibility index (Phi) is 9.15. The number of hydrogen-bond acceptors (Lipinski definition) is 6. The summed E-state index contributed by atoms with van der Waals surface area (Å²) in [6.07, 6.45) is 6.89. The molecule has 4 atom stereocenters. The molecule has 0 radical (unpaired) electrons. The van der Waals surface area contributed by atoms with E-state index in [1.165, 1.54) is 0 Å². The number of imidazole rings is 2. The average molecular weight is 709 g/mol. The standard InChI is InChI=1S/C42H56N6O4/c1-37(2,3)31(47-35(49)41(9,51)39(7)19-20-39)33-43-23-29(45-33)27-15-11-25(12-16-27)26-13-17-28(18-14-26)30-24-44-34(46-30)32(38(4,5)6)48-36(50)42(10,52)40(8)21-22-40/h11-18,23-24,31-32,51-52H,19-22H2,1-10H3,(H,43,45)(H,44,46)(H,47,49)(H,48,50)/t31-,32-,41?,42?/m1/s1. The van der Waals surface area contributed by atoms with Crippen LogP contribution in [0.3, 0.4) is 0 Å². The predicted molar refractivity (Wildman–Crippen MR) is 204 cm³/mol. The van der Waals surface area contributed by atoms with Crippen molar-refractivity contribution in [2.75, 3.05) is 0 Å². The van der Waals surface area contributed by atoms with E-state index in [0.717, 1.165) is 59.3 Å². The zero-order valence-corrected chi connectivity index (χ0v) is 32.4. The molecular formula is C42H56N6O4. The summed E-state index contributed by atoms with van der Waals surface area (Å²) in [5.41, 5.74) is 1.34. The van der Waals surface area contributed by atoms with Crippen molar-refractivity contribution in [3.8, 4) is 33.6 Å². The van der Waals surface area contributed by atoms with E-state index in [-0.39, 0.29) is 22.6 Å². The van der Waals surface area contributed by atoms with Gasteiger partial charge in [0.25, 0.3) is 11.8 Å². The minimum atomic E-state index is -1.45. The highest BCUT2D eigenvalue weighted by atomic mass is 16.3. The van der Waals surface area contributed by atoms with Crippen molar-refractivity contribution in [3.05, 3.63) is 72.6 Å². The normalized spacial score (nSPS) is 19.8. The number of rotatable bonds is 11. The van der Waals surface area contributed by atoms with E-state index in [1.807, 2.05) is 79.7 Å². The van der Waals surface area contributed by atoms with Crippen LogP contribution in [0.1, 0.15) is 119 Å². The van der Waals surface area contributed by atoms with Gasteiger partial charge in [-0.2, -0.15) is 0 Å². The van der Waals surface area contributed by atoms with Crippen molar-refractivity contribution in [1.29, 1.82) is 0 Å². The maximum atomic E-state index is 13.3. The predicted octanol–water partition coefficient (Wildman–Crippen LogP) is 7.64. The molecular weight excluding hydrogens is 652 g/mol. The zero-order valence-electron chi connectivity index (χ0n) is 32.4. The van der Waals surface area contributed by atoms with Gasteiger partial charge in [0.2, 0.25) is 0 Å². The Balaban J connectivity index is 1.14. The minimum absolute atomic E-state index is 0.348. The van der Waals surface area contributed by atoms with Crippen molar-refractivity contribution in [2.24, 2.45) is 21.7 Å². The molecule has 0 saturated heterocycles. The molecule has 0 bridgehead atoms. The van der Waals surface area contributed by atoms with Crippen molar-refractivity contribution in [2.45, 2.75) is 118 Å². The summed E-state index contributed by atoms with van der Waals surface area (Å²) in [5.74, 6) is 0.537. The number of H-pyrrole nitrogens is 2. The number of benzene rings is 2. The highest BCUT2D eigenvalue weighted by Gasteiger charge is 2.58. The summed E-state index contributed by atoms with van der Waals surface area (Å²) < 4.78 is 0. The minimum Gasteiger partial charge on any atom is -0.380 e. The van der Waals surface area contributed by atoms with Crippen LogP contribution in [0.25, 0.3) is 33.6 Å². The molecule has 52 heavy (non-hydrogen) atoms. The van der Waals surface area contributed by atoms with Gasteiger partial charge in [-0.25, -0.2) is 9.97 Å². The molecule has 2 aliphatic rings. The molecule has 4 aromatic rings. The zero-order chi connectivity index (χ0) is 38.1. The quantitative estimate of drug-likeness (QED) is 0.0941. The Hall–Kier alpha value is -4.28. The second kappa shape index (κ2) is 12.7. The molecule has 2 aliphatic carbocycles. The van der Waals surface area contributed by atoms with Gasteiger partial charge in [-0.3, -0.25) is 9.59 Å². The summed E-state index contributed by atoms with van der Waals surface area (Å²) >= 11 is 0. The molecule has 2 heterocycles. The monoisotopic (exact) mass is 708 g/mol. The summed E-state index contributed by atoms with van der Waals surface area (Å²) in [4.78, 5) is 42.7. The molecule has 2 aromatic heterocycles. The largest absolute Gasteiger partial charge is 0.380 e. The van der Waals surface area contributed by atoms with Gasteiger partial charge < -0.3 is 30.8 Å². The fourth-order valence-electron chi connectivity index (χ4n) is 6.77. The number of aromatic amines is 2. The third-order valence-corrected chi connectivity index (χ3v) is 12.0. The highest BCUT2D eigenvalue weighted by Crippen LogP contribution is 2.55. The molecule has 2 aromatic carbocycles. The first-order valence-corrected chi connectivity index (χ1v) is 18.4. The van der Waals surface area contributed by atoms with Crippen LogP contribution in [0, 0.1) is 21.7 Å². The first-order valence-electron chi connectivity index (χ1n) is 18.4. The van der Waals surface area contributed by atoms with Crippen LogP contribution in [0.4, 0.5) is 0 Å². The Morgan fingerprint density at radius 2 is 0.885 bits per heavy atom. The number of nitrogens with zero attached hydrogens (tertiary/aromatic N) is 2. The molecule has 2 fully saturated rings. The lowest BCUT2D eigenvalue weighted by molar-refractivity contribution is -0.147. The van der Waals surface area contributed by atoms with E-state index in [1.54, 1.807) is 26.2 Å². The fourth-order valence-corrected chi connectivity index (χ4v) is 6.77. The summed E-state index contributed by atoms with van der Waals surface area (Å²) in [6.45, 7) is 19.4. The average Bonchev–Trinajstić information content (AvgIpc) is 3.88. The molecule has 10 nitrogen and oxygen atoms in total. The number of carbonyl (C=O) groups is 2. The SMILES string of the molecule is CC(C)(C)[C@H](NC(=O)C(C)(O)C1(C)CC1)c1ncc(-c2ccc(-c3ccc(-c4cnc([C@@H](NC(=O)C(C)(O)C5(C)CC5)C(C)(C)C)[nH]4)cc3)cc2)[nH]1. The Morgan fingerprint density at radius 1 is 0.596 bits per heavy atom. The van der Waals surface area contributed by atoms with E-state index in [2.05, 4.69) is 54.8 Å². The Morgan fingerprint density at radius 3 is 1.15 bits per heavy atom. The van der Waals surface area contributed by atoms with Gasteiger partial charge in [0.05, 0.1) is 35.9 Å². The molecule has 2 amide bonds. The van der Waals surface area contributed by atoms with Crippen LogP contribution >= 0.6 is 0 Å². The molecule has 278 valence electrons. The third kappa shape index (κ3) is 7.07. The summed E-state index contributed by atoms with van der Waals surface area (Å²) in [5, 5.41) is 28.3. The number of carbonyl (C=O) groups excluding carboxylic acids is 2. The fraction of sp³-hybridized carbons (Fsp3) is 0.524. The van der Waals surface area contributed by atoms with Crippen molar-refractivity contribution < 1.29 is 19.8 Å². The molecule has 6 rings (SSSR count). The van der Waals surface area contributed by atoms with Crippen molar-refractivity contribution >= 4 is 11.8 Å². The highest BCUT2D eigenvalue weighted by molar-refractivity contribution is 5.87. The van der Waals surface area contributed by atoms with Gasteiger partial charge in [0.15, 0.2) is 0 Å². The topological polar surface area (TPSA) is 156 Å². The van der Waals surface area contributed by atoms with E-state index in [0.29, 0.717) is 11.6 Å². The van der Waals surface area contributed by atoms with Crippen LogP contribution in [0.2, 0.25) is 0 Å². The molecule has 2 saturated carbocycles. The third-order valence-electron chi connectivity index (χ3n) is 12.0. The van der Waals surface area contributed by atoms with Crippen molar-refractivity contribution in [3.63, 3.8) is 0 Å². The van der Waals surface area contributed by atoms with E-state index >= 15 is 0 Å². The van der Waals surface area contributed by atoms with Crippen molar-refractivity contribution in [1.82, 2.24) is 30.6 Å². The van der Waals surface area contributed by atoms with Gasteiger partial charge in [0.1, 0.15) is 22.9 Å². The number of amides is 2. The number of hydrogen-bond donors (Lipinski definition) is 6. The number of nitrogens with one attached hydrogen (secondary N) is 4. The number of aromatic nitrogens is 4.